The molecule has 5 nitrogen and oxygen atoms in total. The topological polar surface area (TPSA) is 78.8 Å². The lowest BCUT2D eigenvalue weighted by atomic mass is 10.2. The van der Waals surface area contributed by atoms with E-state index in [4.69, 9.17) is 4.74 Å². The maximum absolute atomic E-state index is 11.6. The molecule has 0 radical (unpaired) electrons. The fourth-order valence-corrected chi connectivity index (χ4v) is 1.41. The highest BCUT2D eigenvalue weighted by molar-refractivity contribution is 5.95. The molecule has 0 aliphatic rings. The van der Waals surface area contributed by atoms with Gasteiger partial charge in [0.25, 0.3) is 5.91 Å². The first-order valence-corrected chi connectivity index (χ1v) is 6.02. The van der Waals surface area contributed by atoms with Crippen molar-refractivity contribution in [1.82, 2.24) is 5.32 Å². The Morgan fingerprint density at radius 2 is 1.89 bits per heavy atom. The molecule has 3 N–H and O–H groups in total. The van der Waals surface area contributed by atoms with Crippen LogP contribution in [0, 0.1) is 0 Å². The van der Waals surface area contributed by atoms with Gasteiger partial charge in [0.15, 0.2) is 0 Å². The van der Waals surface area contributed by atoms with Crippen molar-refractivity contribution in [3.8, 4) is 11.5 Å². The highest BCUT2D eigenvalue weighted by Gasteiger charge is 2.07. The predicted molar refractivity (Wildman–Crippen MR) is 67.8 cm³/mol. The second kappa shape index (κ2) is 7.55. The number of rotatable bonds is 7. The Kier molecular flexibility index (Phi) is 6.00. The van der Waals surface area contributed by atoms with E-state index in [2.05, 4.69) is 12.2 Å². The third kappa shape index (κ3) is 5.05. The maximum Gasteiger partial charge on any atom is 0.251 e. The normalized spacial score (nSPS) is 10.3. The Morgan fingerprint density at radius 1 is 1.22 bits per heavy atom. The van der Waals surface area contributed by atoms with E-state index in [1.165, 1.54) is 18.2 Å². The van der Waals surface area contributed by atoms with Gasteiger partial charge in [0, 0.05) is 24.8 Å². The first kappa shape index (κ1) is 14.3. The van der Waals surface area contributed by atoms with Crippen LogP contribution in [0.1, 0.15) is 30.1 Å². The molecule has 18 heavy (non-hydrogen) atoms. The van der Waals surface area contributed by atoms with Gasteiger partial charge in [-0.1, -0.05) is 13.3 Å². The number of carbonyl (C=O) groups excluding carboxylic acids is 1. The number of carbonyl (C=O) groups is 1. The Balaban J connectivity index is 2.32. The minimum absolute atomic E-state index is 0.139. The minimum Gasteiger partial charge on any atom is -0.508 e. The largest absolute Gasteiger partial charge is 0.508 e. The van der Waals surface area contributed by atoms with Crippen LogP contribution in [0.15, 0.2) is 18.2 Å². The van der Waals surface area contributed by atoms with E-state index >= 15 is 0 Å². The van der Waals surface area contributed by atoms with E-state index in [9.17, 15) is 15.0 Å². The summed E-state index contributed by atoms with van der Waals surface area (Å²) in [5.74, 6) is -0.626. The summed E-state index contributed by atoms with van der Waals surface area (Å²) < 4.78 is 5.29. The zero-order valence-electron chi connectivity index (χ0n) is 10.5. The van der Waals surface area contributed by atoms with Crippen molar-refractivity contribution in [2.75, 3.05) is 19.8 Å². The molecule has 0 bridgehead atoms. The Morgan fingerprint density at radius 3 is 2.50 bits per heavy atom. The zero-order chi connectivity index (χ0) is 13.4. The monoisotopic (exact) mass is 253 g/mol. The van der Waals surface area contributed by atoms with Crippen molar-refractivity contribution in [2.45, 2.75) is 19.8 Å². The summed E-state index contributed by atoms with van der Waals surface area (Å²) in [6, 6.07) is 3.77. The number of phenolic OH excluding ortho intramolecular Hbond substituents is 2. The summed E-state index contributed by atoms with van der Waals surface area (Å²) in [6.45, 7) is 3.63. The van der Waals surface area contributed by atoms with Gasteiger partial charge in [-0.05, 0) is 18.6 Å². The van der Waals surface area contributed by atoms with E-state index in [1.807, 2.05) is 0 Å². The van der Waals surface area contributed by atoms with Crippen molar-refractivity contribution >= 4 is 5.91 Å². The summed E-state index contributed by atoms with van der Waals surface area (Å²) in [6.07, 6.45) is 2.09. The maximum atomic E-state index is 11.6. The summed E-state index contributed by atoms with van der Waals surface area (Å²) in [5.41, 5.74) is 0.223. The molecule has 0 aromatic heterocycles. The molecule has 0 unspecified atom stereocenters. The van der Waals surface area contributed by atoms with E-state index in [0.717, 1.165) is 12.8 Å². The van der Waals surface area contributed by atoms with E-state index in [0.29, 0.717) is 19.8 Å². The predicted octanol–water partition coefficient (Wildman–Crippen LogP) is 1.64. The molecule has 0 saturated heterocycles. The molecule has 0 fully saturated rings. The Labute approximate surface area is 106 Å². The molecule has 0 atom stereocenters. The molecule has 0 aliphatic carbocycles. The van der Waals surface area contributed by atoms with Gasteiger partial charge in [-0.15, -0.1) is 0 Å². The lowest BCUT2D eigenvalue weighted by Gasteiger charge is -2.07. The van der Waals surface area contributed by atoms with E-state index in [-0.39, 0.29) is 23.0 Å². The van der Waals surface area contributed by atoms with Gasteiger partial charge in [-0.2, -0.15) is 0 Å². The first-order chi connectivity index (χ1) is 8.63. The highest BCUT2D eigenvalue weighted by Crippen LogP contribution is 2.20. The van der Waals surface area contributed by atoms with Crippen LogP contribution in [0.2, 0.25) is 0 Å². The lowest BCUT2D eigenvalue weighted by molar-refractivity contribution is 0.0912. The lowest BCUT2D eigenvalue weighted by Crippen LogP contribution is -2.27. The molecule has 5 heteroatoms. The summed E-state index contributed by atoms with van der Waals surface area (Å²) in [4.78, 5) is 11.6. The minimum atomic E-state index is -0.347. The van der Waals surface area contributed by atoms with Crippen molar-refractivity contribution in [2.24, 2.45) is 0 Å². The van der Waals surface area contributed by atoms with Gasteiger partial charge in [-0.3, -0.25) is 4.79 Å². The van der Waals surface area contributed by atoms with Crippen LogP contribution >= 0.6 is 0 Å². The number of phenols is 2. The second-order valence-corrected chi connectivity index (χ2v) is 3.96. The number of unbranched alkanes of at least 4 members (excludes halogenated alkanes) is 1. The first-order valence-electron chi connectivity index (χ1n) is 6.02. The van der Waals surface area contributed by atoms with E-state index < -0.39 is 0 Å². The molecule has 1 amide bonds. The van der Waals surface area contributed by atoms with Crippen molar-refractivity contribution < 1.29 is 19.7 Å². The average molecular weight is 253 g/mol. The van der Waals surface area contributed by atoms with Crippen LogP contribution in [0.25, 0.3) is 0 Å². The molecule has 1 rings (SSSR count). The SMILES string of the molecule is CCCCOCCNC(=O)c1cc(O)cc(O)c1. The Hall–Kier alpha value is -1.75. The number of amides is 1. The second-order valence-electron chi connectivity index (χ2n) is 3.96. The molecular formula is C13H19NO4. The molecule has 0 aliphatic heterocycles. The van der Waals surface area contributed by atoms with Crippen LogP contribution in [-0.4, -0.2) is 35.9 Å². The molecule has 1 aromatic carbocycles. The van der Waals surface area contributed by atoms with Gasteiger partial charge in [0.05, 0.1) is 6.61 Å². The van der Waals surface area contributed by atoms with Crippen molar-refractivity contribution in [3.05, 3.63) is 23.8 Å². The van der Waals surface area contributed by atoms with Crippen molar-refractivity contribution in [3.63, 3.8) is 0 Å². The molecule has 1 aromatic rings. The van der Waals surface area contributed by atoms with Crippen LogP contribution < -0.4 is 5.32 Å². The molecule has 0 saturated carbocycles. The van der Waals surface area contributed by atoms with Gasteiger partial charge in [-0.25, -0.2) is 0 Å². The standard InChI is InChI=1S/C13H19NO4/c1-2-3-5-18-6-4-14-13(17)10-7-11(15)9-12(16)8-10/h7-9,15-16H,2-6H2,1H3,(H,14,17). The fraction of sp³-hybridized carbons (Fsp3) is 0.462. The number of benzene rings is 1. The van der Waals surface area contributed by atoms with Crippen LogP contribution in [-0.2, 0) is 4.74 Å². The smallest absolute Gasteiger partial charge is 0.251 e. The summed E-state index contributed by atoms with van der Waals surface area (Å²) in [5, 5.41) is 21.1. The fourth-order valence-electron chi connectivity index (χ4n) is 1.41. The molecule has 0 spiro atoms. The molecule has 0 heterocycles. The van der Waals surface area contributed by atoms with Crippen LogP contribution in [0.5, 0.6) is 11.5 Å². The average Bonchev–Trinajstić information content (AvgIpc) is 2.32. The number of hydrogen-bond donors (Lipinski definition) is 3. The number of hydrogen-bond acceptors (Lipinski definition) is 4. The summed E-state index contributed by atoms with van der Waals surface area (Å²) in [7, 11) is 0. The van der Waals surface area contributed by atoms with Crippen LogP contribution in [0.4, 0.5) is 0 Å². The van der Waals surface area contributed by atoms with Gasteiger partial charge < -0.3 is 20.3 Å². The van der Waals surface area contributed by atoms with Crippen molar-refractivity contribution in [1.29, 1.82) is 0 Å². The third-order valence-corrected chi connectivity index (χ3v) is 2.34. The highest BCUT2D eigenvalue weighted by atomic mass is 16.5. The number of ether oxygens (including phenoxy) is 1. The quantitative estimate of drug-likeness (QED) is 0.645. The van der Waals surface area contributed by atoms with Gasteiger partial charge in [0.2, 0.25) is 0 Å². The van der Waals surface area contributed by atoms with E-state index in [1.54, 1.807) is 0 Å². The molecular weight excluding hydrogens is 234 g/mol. The summed E-state index contributed by atoms with van der Waals surface area (Å²) >= 11 is 0. The number of aromatic hydroxyl groups is 2. The zero-order valence-corrected chi connectivity index (χ0v) is 10.5. The van der Waals surface area contributed by atoms with Crippen LogP contribution in [0.3, 0.4) is 0 Å². The molecule has 100 valence electrons. The number of nitrogens with one attached hydrogen (secondary N) is 1. The third-order valence-electron chi connectivity index (χ3n) is 2.34. The van der Waals surface area contributed by atoms with Gasteiger partial charge in [0.1, 0.15) is 11.5 Å². The Bertz CT molecular complexity index is 372. The van der Waals surface area contributed by atoms with Gasteiger partial charge >= 0.3 is 0 Å².